The van der Waals surface area contributed by atoms with E-state index in [2.05, 4.69) is 22.3 Å². The quantitative estimate of drug-likeness (QED) is 0.248. The van der Waals surface area contributed by atoms with Crippen LogP contribution in [0.1, 0.15) is 85.9 Å². The molecule has 40 heavy (non-hydrogen) atoms. The van der Waals surface area contributed by atoms with Gasteiger partial charge in [-0.2, -0.15) is 13.2 Å². The number of carboxylic acids is 1. The number of alkyl halides is 3. The number of unbranched alkanes of at least 4 members (excludes halogenated alkanes) is 2. The molecule has 2 N–H and O–H groups in total. The number of hydrogen-bond acceptors (Lipinski definition) is 5. The van der Waals surface area contributed by atoms with Crippen LogP contribution in [0.25, 0.3) is 0 Å². The largest absolute Gasteiger partial charge is 0.480 e. The number of nitrogens with zero attached hydrogens (tertiary/aromatic N) is 3. The third-order valence-electron chi connectivity index (χ3n) is 8.20. The second-order valence-corrected chi connectivity index (χ2v) is 11.4. The summed E-state index contributed by atoms with van der Waals surface area (Å²) in [7, 11) is 1.97. The zero-order chi connectivity index (χ0) is 29.0. The predicted molar refractivity (Wildman–Crippen MR) is 147 cm³/mol. The van der Waals surface area contributed by atoms with Crippen LogP contribution in [0.5, 0.6) is 0 Å². The zero-order valence-electron chi connectivity index (χ0n) is 23.5. The van der Waals surface area contributed by atoms with Crippen LogP contribution in [-0.4, -0.2) is 65.1 Å². The molecule has 1 fully saturated rings. The van der Waals surface area contributed by atoms with Gasteiger partial charge in [0.25, 0.3) is 0 Å². The van der Waals surface area contributed by atoms with E-state index >= 15 is 0 Å². The predicted octanol–water partition coefficient (Wildman–Crippen LogP) is 6.27. The lowest BCUT2D eigenvalue weighted by molar-refractivity contribution is -0.146. The second kappa shape index (κ2) is 12.9. The molecule has 2 aromatic rings. The molecule has 2 aliphatic rings. The van der Waals surface area contributed by atoms with Crippen LogP contribution in [0.3, 0.4) is 0 Å². The van der Waals surface area contributed by atoms with Crippen LogP contribution < -0.4 is 5.32 Å². The van der Waals surface area contributed by atoms with Crippen LogP contribution in [0, 0.1) is 5.82 Å². The van der Waals surface area contributed by atoms with E-state index in [1.807, 2.05) is 7.05 Å². The molecule has 2 atom stereocenters. The number of rotatable bonds is 11. The molecule has 10 heteroatoms. The van der Waals surface area contributed by atoms with Crippen molar-refractivity contribution >= 4 is 11.8 Å². The van der Waals surface area contributed by atoms with Gasteiger partial charge >= 0.3 is 12.1 Å². The molecule has 220 valence electrons. The van der Waals surface area contributed by atoms with Gasteiger partial charge in [0.05, 0.1) is 5.56 Å². The summed E-state index contributed by atoms with van der Waals surface area (Å²) in [6.45, 7) is 5.89. The smallest absolute Gasteiger partial charge is 0.419 e. The fourth-order valence-corrected chi connectivity index (χ4v) is 5.88. The number of likely N-dealkylation sites (N-methyl/N-ethyl adjacent to an activating group) is 1. The van der Waals surface area contributed by atoms with E-state index in [-0.39, 0.29) is 12.0 Å². The molecule has 4 rings (SSSR count). The minimum atomic E-state index is -5.00. The molecule has 0 amide bonds. The molecule has 1 aromatic heterocycles. The minimum absolute atomic E-state index is 0.0164. The van der Waals surface area contributed by atoms with Crippen molar-refractivity contribution in [3.05, 3.63) is 58.0 Å². The Balaban J connectivity index is 1.34. The highest BCUT2D eigenvalue weighted by molar-refractivity contribution is 5.76. The number of fused-ring (bicyclic) bond motifs is 1. The van der Waals surface area contributed by atoms with Crippen molar-refractivity contribution in [2.75, 3.05) is 38.5 Å². The second-order valence-electron chi connectivity index (χ2n) is 11.4. The van der Waals surface area contributed by atoms with E-state index in [0.717, 1.165) is 69.2 Å². The first kappa shape index (κ1) is 30.2. The lowest BCUT2D eigenvalue weighted by Crippen LogP contribution is -2.39. The van der Waals surface area contributed by atoms with Gasteiger partial charge in [-0.3, -0.25) is 9.69 Å². The number of pyridine rings is 1. The first-order valence-corrected chi connectivity index (χ1v) is 14.3. The molecule has 1 aromatic carbocycles. The minimum Gasteiger partial charge on any atom is -0.480 e. The zero-order valence-corrected chi connectivity index (χ0v) is 23.5. The van der Waals surface area contributed by atoms with Crippen molar-refractivity contribution in [3.8, 4) is 0 Å². The number of halogens is 4. The summed E-state index contributed by atoms with van der Waals surface area (Å²) in [4.78, 5) is 20.8. The maximum Gasteiger partial charge on any atom is 0.419 e. The highest BCUT2D eigenvalue weighted by atomic mass is 19.4. The maximum absolute atomic E-state index is 14.7. The molecule has 3 heterocycles. The Morgan fingerprint density at radius 3 is 2.70 bits per heavy atom. The summed E-state index contributed by atoms with van der Waals surface area (Å²) in [5, 5.41) is 13.4. The summed E-state index contributed by atoms with van der Waals surface area (Å²) in [5.41, 5.74) is 0.716. The number of aryl methyl sites for hydroxylation is 2. The first-order chi connectivity index (χ1) is 19.0. The number of carboxylic acid groups (broad SMARTS) is 1. The molecule has 0 saturated carbocycles. The molecule has 6 nitrogen and oxygen atoms in total. The van der Waals surface area contributed by atoms with Crippen molar-refractivity contribution in [1.29, 1.82) is 0 Å². The third-order valence-corrected chi connectivity index (χ3v) is 8.20. The Labute approximate surface area is 233 Å². The van der Waals surface area contributed by atoms with Gasteiger partial charge in [-0.25, -0.2) is 9.37 Å². The third kappa shape index (κ3) is 7.13. The Morgan fingerprint density at radius 1 is 1.23 bits per heavy atom. The number of likely N-dealkylation sites (tertiary alicyclic amines) is 1. The van der Waals surface area contributed by atoms with Gasteiger partial charge in [0, 0.05) is 31.4 Å². The number of benzene rings is 1. The Kier molecular flexibility index (Phi) is 9.72. The van der Waals surface area contributed by atoms with Gasteiger partial charge in [-0.15, -0.1) is 0 Å². The maximum atomic E-state index is 14.7. The summed E-state index contributed by atoms with van der Waals surface area (Å²) < 4.78 is 56.3. The molecule has 1 saturated heterocycles. The summed E-state index contributed by atoms with van der Waals surface area (Å²) in [6.07, 6.45) is 1.73. The van der Waals surface area contributed by atoms with E-state index < -0.39 is 35.1 Å². The number of aliphatic carboxylic acids is 1. The molecular formula is C30H40F4N4O2. The lowest BCUT2D eigenvalue weighted by atomic mass is 9.92. The van der Waals surface area contributed by atoms with Crippen LogP contribution in [-0.2, 0) is 23.8 Å². The first-order valence-electron chi connectivity index (χ1n) is 14.3. The van der Waals surface area contributed by atoms with Crippen molar-refractivity contribution in [2.24, 2.45) is 0 Å². The number of aromatic nitrogens is 1. The van der Waals surface area contributed by atoms with Crippen LogP contribution >= 0.6 is 0 Å². The number of hydrogen-bond donors (Lipinski definition) is 2. The van der Waals surface area contributed by atoms with E-state index in [4.69, 9.17) is 4.98 Å². The molecule has 0 radical (unpaired) electrons. The summed E-state index contributed by atoms with van der Waals surface area (Å²) in [5.74, 6) is -2.06. The van der Waals surface area contributed by atoms with Crippen LogP contribution in [0.15, 0.2) is 24.3 Å². The molecule has 0 bridgehead atoms. The van der Waals surface area contributed by atoms with Crippen molar-refractivity contribution < 1.29 is 27.5 Å². The fourth-order valence-electron chi connectivity index (χ4n) is 5.88. The van der Waals surface area contributed by atoms with E-state index in [1.165, 1.54) is 11.6 Å². The van der Waals surface area contributed by atoms with Gasteiger partial charge in [-0.1, -0.05) is 32.4 Å². The monoisotopic (exact) mass is 564 g/mol. The van der Waals surface area contributed by atoms with E-state index in [1.54, 1.807) is 18.7 Å². The molecule has 0 spiro atoms. The van der Waals surface area contributed by atoms with Gasteiger partial charge in [0.2, 0.25) is 0 Å². The SMILES string of the molecule is CC(C)c1cc(F)c(C(F)(F)F)c([C@@H](C(=O)O)N2CC[C@@H](N(C)CCCCCc3ccc4c(n3)NCCC4)C2)c1. The van der Waals surface area contributed by atoms with Crippen molar-refractivity contribution in [3.63, 3.8) is 0 Å². The standard InChI is InChI=1S/C30H40F4N4O2/c1-19(2)21-16-24(26(25(31)17-21)30(32,33)34)27(29(39)40)38-15-12-23(18-38)37(3)14-6-4-5-9-22-11-10-20-8-7-13-35-28(20)36-22/h10-11,16-17,19,23,27H,4-9,12-15,18H2,1-3H3,(H,35,36)(H,39,40)/t23-,27+/m1/s1. The van der Waals surface area contributed by atoms with E-state index in [0.29, 0.717) is 25.1 Å². The summed E-state index contributed by atoms with van der Waals surface area (Å²) in [6, 6.07) is 4.81. The van der Waals surface area contributed by atoms with Crippen LogP contribution in [0.4, 0.5) is 23.4 Å². The van der Waals surface area contributed by atoms with Gasteiger partial charge in [0.15, 0.2) is 0 Å². The highest BCUT2D eigenvalue weighted by Crippen LogP contribution is 2.41. The number of anilines is 1. The van der Waals surface area contributed by atoms with Crippen molar-refractivity contribution in [2.45, 2.75) is 83.0 Å². The fraction of sp³-hybridized carbons (Fsp3) is 0.600. The molecule has 2 aliphatic heterocycles. The molecule has 0 unspecified atom stereocenters. The Bertz CT molecular complexity index is 1190. The Hall–Kier alpha value is -2.72. The highest BCUT2D eigenvalue weighted by Gasteiger charge is 2.44. The van der Waals surface area contributed by atoms with E-state index in [9.17, 15) is 27.5 Å². The lowest BCUT2D eigenvalue weighted by Gasteiger charge is -2.29. The van der Waals surface area contributed by atoms with Crippen molar-refractivity contribution in [1.82, 2.24) is 14.8 Å². The summed E-state index contributed by atoms with van der Waals surface area (Å²) >= 11 is 0. The van der Waals surface area contributed by atoms with Crippen LogP contribution in [0.2, 0.25) is 0 Å². The van der Waals surface area contributed by atoms with Gasteiger partial charge in [0.1, 0.15) is 17.7 Å². The molecule has 0 aliphatic carbocycles. The number of nitrogens with one attached hydrogen (secondary N) is 1. The topological polar surface area (TPSA) is 68.7 Å². The number of carbonyl (C=O) groups is 1. The normalized spacial score (nSPS) is 18.7. The average molecular weight is 565 g/mol. The molecular weight excluding hydrogens is 524 g/mol. The Morgan fingerprint density at radius 2 is 2.00 bits per heavy atom. The average Bonchev–Trinajstić information content (AvgIpc) is 3.36. The van der Waals surface area contributed by atoms with Gasteiger partial charge in [-0.05, 0) is 86.9 Å². The van der Waals surface area contributed by atoms with Gasteiger partial charge < -0.3 is 15.3 Å².